The third-order valence-corrected chi connectivity index (χ3v) is 7.57. The Morgan fingerprint density at radius 3 is 2.71 bits per heavy atom. The van der Waals surface area contributed by atoms with Crippen LogP contribution in [0.4, 0.5) is 5.69 Å². The highest BCUT2D eigenvalue weighted by Gasteiger charge is 2.25. The van der Waals surface area contributed by atoms with Gasteiger partial charge >= 0.3 is 5.97 Å². The maximum absolute atomic E-state index is 12.3. The molecule has 1 saturated heterocycles. The molecule has 3 aromatic heterocycles. The minimum atomic E-state index is -0.464. The van der Waals surface area contributed by atoms with E-state index in [1.54, 1.807) is 0 Å². The largest absolute Gasteiger partial charge is 0.465 e. The van der Waals surface area contributed by atoms with E-state index in [9.17, 15) is 9.59 Å². The fourth-order valence-electron chi connectivity index (χ4n) is 4.65. The van der Waals surface area contributed by atoms with E-state index in [2.05, 4.69) is 21.3 Å². The fourth-order valence-corrected chi connectivity index (χ4v) is 5.72. The first-order valence-electron chi connectivity index (χ1n) is 12.0. The van der Waals surface area contributed by atoms with Gasteiger partial charge in [-0.15, -0.1) is 11.3 Å². The Bertz CT molecular complexity index is 1340. The van der Waals surface area contributed by atoms with Crippen LogP contribution < -0.4 is 5.32 Å². The second-order valence-corrected chi connectivity index (χ2v) is 9.94. The Kier molecular flexibility index (Phi) is 6.79. The molecule has 1 aromatic carbocycles. The summed E-state index contributed by atoms with van der Waals surface area (Å²) in [5.41, 5.74) is 3.56. The molecule has 1 fully saturated rings. The number of piperidine rings is 1. The number of methoxy groups -OCH3 is 1. The first-order chi connectivity index (χ1) is 17.1. The molecule has 9 heteroatoms. The molecule has 182 valence electrons. The Labute approximate surface area is 207 Å². The van der Waals surface area contributed by atoms with E-state index in [-0.39, 0.29) is 5.91 Å². The summed E-state index contributed by atoms with van der Waals surface area (Å²) in [6.07, 6.45) is 3.21. The summed E-state index contributed by atoms with van der Waals surface area (Å²) in [5.74, 6) is 0.933. The Balaban J connectivity index is 1.29. The molecule has 0 radical (unpaired) electrons. The van der Waals surface area contributed by atoms with Gasteiger partial charge in [0.25, 0.3) is 0 Å². The number of para-hydroxylation sites is 2. The number of fused-ring (bicyclic) bond motifs is 2. The topological polar surface area (TPSA) is 100 Å². The molecule has 4 heterocycles. The van der Waals surface area contributed by atoms with Gasteiger partial charge in [0.2, 0.25) is 5.91 Å². The molecule has 8 nitrogen and oxygen atoms in total. The number of benzene rings is 1. The fraction of sp³-hybridized carbons (Fsp3) is 0.385. The van der Waals surface area contributed by atoms with Crippen LogP contribution in [0.15, 0.2) is 36.4 Å². The second kappa shape index (κ2) is 10.1. The number of imidazole rings is 1. The third-order valence-electron chi connectivity index (χ3n) is 6.49. The number of likely N-dealkylation sites (tertiary alicyclic amines) is 1. The molecule has 1 amide bonds. The summed E-state index contributed by atoms with van der Waals surface area (Å²) < 4.78 is 4.94. The Morgan fingerprint density at radius 1 is 1.17 bits per heavy atom. The van der Waals surface area contributed by atoms with E-state index >= 15 is 0 Å². The van der Waals surface area contributed by atoms with Crippen LogP contribution in [0, 0.1) is 0 Å². The number of aromatic amines is 1. The monoisotopic (exact) mass is 491 g/mol. The average Bonchev–Trinajstić information content (AvgIpc) is 3.46. The van der Waals surface area contributed by atoms with Gasteiger partial charge in [0.15, 0.2) is 0 Å². The van der Waals surface area contributed by atoms with Crippen molar-refractivity contribution in [3.8, 4) is 0 Å². The van der Waals surface area contributed by atoms with Crippen molar-refractivity contribution in [3.05, 3.63) is 52.8 Å². The van der Waals surface area contributed by atoms with Gasteiger partial charge in [0, 0.05) is 24.3 Å². The van der Waals surface area contributed by atoms with E-state index in [1.165, 1.54) is 18.4 Å². The van der Waals surface area contributed by atoms with Crippen LogP contribution in [0.1, 0.15) is 59.7 Å². The summed E-state index contributed by atoms with van der Waals surface area (Å²) in [7, 11) is 1.35. The van der Waals surface area contributed by atoms with E-state index in [1.807, 2.05) is 37.3 Å². The van der Waals surface area contributed by atoms with Crippen molar-refractivity contribution in [2.24, 2.45) is 0 Å². The lowest BCUT2D eigenvalue weighted by atomic mass is 9.96. The van der Waals surface area contributed by atoms with E-state index in [0.717, 1.165) is 71.7 Å². The van der Waals surface area contributed by atoms with Crippen LogP contribution in [0.5, 0.6) is 0 Å². The number of H-pyrrole nitrogens is 1. The SMILES string of the molecule is CCCC(=O)Nc1c(C(=O)OC)sc2nc(CN3CCC(c4nc5ccccc5[nH]4)CC3)ccc12. The summed E-state index contributed by atoms with van der Waals surface area (Å²) in [6.45, 7) is 4.63. The zero-order valence-corrected chi connectivity index (χ0v) is 20.8. The van der Waals surface area contributed by atoms with Crippen molar-refractivity contribution in [1.82, 2.24) is 19.9 Å². The van der Waals surface area contributed by atoms with Gasteiger partial charge in [0.05, 0.1) is 29.5 Å². The lowest BCUT2D eigenvalue weighted by Gasteiger charge is -2.30. The zero-order valence-electron chi connectivity index (χ0n) is 20.0. The van der Waals surface area contributed by atoms with Gasteiger partial charge < -0.3 is 15.0 Å². The minimum Gasteiger partial charge on any atom is -0.465 e. The molecule has 2 N–H and O–H groups in total. The number of nitrogens with zero attached hydrogens (tertiary/aromatic N) is 3. The number of aromatic nitrogens is 3. The Hall–Kier alpha value is -3.30. The number of carbonyl (C=O) groups is 2. The quantitative estimate of drug-likeness (QED) is 0.350. The first-order valence-corrected chi connectivity index (χ1v) is 12.8. The molecular weight excluding hydrogens is 462 g/mol. The normalized spacial score (nSPS) is 15.0. The van der Waals surface area contributed by atoms with Gasteiger partial charge in [-0.3, -0.25) is 9.69 Å². The number of ether oxygens (including phenoxy) is 1. The molecule has 5 rings (SSSR count). The minimum absolute atomic E-state index is 0.117. The standard InChI is InChI=1S/C26H29N5O3S/c1-3-6-21(32)30-22-18-10-9-17(27-25(18)35-23(22)26(33)34-2)15-31-13-11-16(12-14-31)24-28-19-7-4-5-8-20(19)29-24/h4-5,7-10,16H,3,6,11-15H2,1-2H3,(H,28,29)(H,30,32). The van der Waals surface area contributed by atoms with Crippen molar-refractivity contribution in [2.45, 2.75) is 45.1 Å². The highest BCUT2D eigenvalue weighted by Crippen LogP contribution is 2.36. The molecule has 0 aliphatic carbocycles. The second-order valence-electron chi connectivity index (χ2n) is 8.94. The number of amides is 1. The molecule has 0 bridgehead atoms. The van der Waals surface area contributed by atoms with Crippen LogP contribution in [0.25, 0.3) is 21.3 Å². The summed E-state index contributed by atoms with van der Waals surface area (Å²) in [4.78, 5) is 41.2. The molecule has 4 aromatic rings. The van der Waals surface area contributed by atoms with E-state index < -0.39 is 5.97 Å². The molecular formula is C26H29N5O3S. The van der Waals surface area contributed by atoms with Gasteiger partial charge in [-0.2, -0.15) is 0 Å². The summed E-state index contributed by atoms with van der Waals surface area (Å²) >= 11 is 1.26. The lowest BCUT2D eigenvalue weighted by molar-refractivity contribution is -0.116. The average molecular weight is 492 g/mol. The zero-order chi connectivity index (χ0) is 24.4. The van der Waals surface area contributed by atoms with Crippen LogP contribution in [0.3, 0.4) is 0 Å². The third kappa shape index (κ3) is 4.92. The van der Waals surface area contributed by atoms with E-state index in [4.69, 9.17) is 14.7 Å². The number of esters is 1. The highest BCUT2D eigenvalue weighted by molar-refractivity contribution is 7.21. The van der Waals surface area contributed by atoms with Crippen molar-refractivity contribution >= 4 is 50.2 Å². The predicted molar refractivity (Wildman–Crippen MR) is 138 cm³/mol. The van der Waals surface area contributed by atoms with Crippen LogP contribution in [0.2, 0.25) is 0 Å². The molecule has 0 spiro atoms. The Morgan fingerprint density at radius 2 is 1.97 bits per heavy atom. The number of hydrogen-bond acceptors (Lipinski definition) is 7. The number of anilines is 1. The van der Waals surface area contributed by atoms with Gasteiger partial charge in [-0.05, 0) is 56.6 Å². The van der Waals surface area contributed by atoms with Crippen LogP contribution in [-0.2, 0) is 16.1 Å². The number of carbonyl (C=O) groups excluding carboxylic acids is 2. The predicted octanol–water partition coefficient (Wildman–Crippen LogP) is 5.08. The maximum Gasteiger partial charge on any atom is 0.350 e. The lowest BCUT2D eigenvalue weighted by Crippen LogP contribution is -2.33. The first kappa shape index (κ1) is 23.4. The molecule has 1 aliphatic heterocycles. The molecule has 35 heavy (non-hydrogen) atoms. The van der Waals surface area contributed by atoms with Crippen molar-refractivity contribution in [2.75, 3.05) is 25.5 Å². The summed E-state index contributed by atoms with van der Waals surface area (Å²) in [6, 6.07) is 12.1. The van der Waals surface area contributed by atoms with Gasteiger partial charge in [-0.25, -0.2) is 14.8 Å². The smallest absolute Gasteiger partial charge is 0.350 e. The maximum atomic E-state index is 12.3. The molecule has 0 saturated carbocycles. The van der Waals surface area contributed by atoms with Crippen LogP contribution >= 0.6 is 11.3 Å². The van der Waals surface area contributed by atoms with Crippen molar-refractivity contribution in [3.63, 3.8) is 0 Å². The number of nitrogens with one attached hydrogen (secondary N) is 2. The number of pyridine rings is 1. The number of thiophene rings is 1. The highest BCUT2D eigenvalue weighted by atomic mass is 32.1. The van der Waals surface area contributed by atoms with Crippen molar-refractivity contribution in [1.29, 1.82) is 0 Å². The molecule has 1 aliphatic rings. The molecule has 0 atom stereocenters. The van der Waals surface area contributed by atoms with E-state index in [0.29, 0.717) is 22.9 Å². The van der Waals surface area contributed by atoms with Crippen molar-refractivity contribution < 1.29 is 14.3 Å². The van der Waals surface area contributed by atoms with Gasteiger partial charge in [-0.1, -0.05) is 19.1 Å². The number of hydrogen-bond donors (Lipinski definition) is 2. The summed E-state index contributed by atoms with van der Waals surface area (Å²) in [5, 5.41) is 3.66. The van der Waals surface area contributed by atoms with Gasteiger partial charge in [0.1, 0.15) is 15.5 Å². The van der Waals surface area contributed by atoms with Crippen LogP contribution in [-0.4, -0.2) is 51.9 Å². The number of rotatable bonds is 7. The molecule has 0 unspecified atom stereocenters.